The van der Waals surface area contributed by atoms with Crippen molar-refractivity contribution in [2.45, 2.75) is 39.7 Å². The summed E-state index contributed by atoms with van der Waals surface area (Å²) in [7, 11) is 0. The van der Waals surface area contributed by atoms with Crippen LogP contribution in [-0.4, -0.2) is 40.9 Å². The average Bonchev–Trinajstić information content (AvgIpc) is 2.44. The number of nitrogens with one attached hydrogen (secondary N) is 1. The zero-order valence-corrected chi connectivity index (χ0v) is 13.7. The minimum atomic E-state index is -0.103. The number of anilines is 1. The van der Waals surface area contributed by atoms with Gasteiger partial charge in [-0.25, -0.2) is 4.68 Å². The van der Waals surface area contributed by atoms with E-state index in [0.29, 0.717) is 29.7 Å². The Bertz CT molecular complexity index is 509. The molecule has 1 saturated carbocycles. The average molecular weight is 313 g/mol. The van der Waals surface area contributed by atoms with Crippen LogP contribution >= 0.6 is 11.6 Å². The minimum Gasteiger partial charge on any atom is -0.378 e. The first-order valence-corrected chi connectivity index (χ1v) is 8.25. The molecule has 1 N–H and O–H groups in total. The number of rotatable bonds is 8. The number of aromatic nitrogens is 2. The van der Waals surface area contributed by atoms with Gasteiger partial charge in [-0.1, -0.05) is 31.9 Å². The summed E-state index contributed by atoms with van der Waals surface area (Å²) in [6.07, 6.45) is 5.23. The summed E-state index contributed by atoms with van der Waals surface area (Å²) in [4.78, 5) is 14.7. The van der Waals surface area contributed by atoms with Crippen molar-refractivity contribution < 1.29 is 0 Å². The normalized spacial score (nSPS) is 15.2. The molecule has 0 spiro atoms. The maximum Gasteiger partial charge on any atom is 0.291 e. The monoisotopic (exact) mass is 312 g/mol. The predicted molar refractivity (Wildman–Crippen MR) is 87.1 cm³/mol. The van der Waals surface area contributed by atoms with Crippen LogP contribution in [0.3, 0.4) is 0 Å². The lowest BCUT2D eigenvalue weighted by Crippen LogP contribution is -2.33. The molecule has 1 aliphatic rings. The van der Waals surface area contributed by atoms with Crippen molar-refractivity contribution >= 4 is 17.3 Å². The van der Waals surface area contributed by atoms with Crippen LogP contribution in [0.5, 0.6) is 0 Å². The summed E-state index contributed by atoms with van der Waals surface area (Å²) in [5.74, 6) is 0.597. The van der Waals surface area contributed by atoms with E-state index >= 15 is 0 Å². The zero-order chi connectivity index (χ0) is 15.2. The Morgan fingerprint density at radius 1 is 1.43 bits per heavy atom. The molecule has 1 fully saturated rings. The lowest BCUT2D eigenvalue weighted by Gasteiger charge is -2.25. The van der Waals surface area contributed by atoms with Crippen molar-refractivity contribution in [2.24, 2.45) is 5.92 Å². The molecule has 5 nitrogen and oxygen atoms in total. The highest BCUT2D eigenvalue weighted by Gasteiger charge is 2.20. The van der Waals surface area contributed by atoms with E-state index in [4.69, 9.17) is 11.6 Å². The quantitative estimate of drug-likeness (QED) is 0.801. The van der Waals surface area contributed by atoms with E-state index in [-0.39, 0.29) is 5.56 Å². The highest BCUT2D eigenvalue weighted by atomic mass is 35.5. The van der Waals surface area contributed by atoms with Crippen LogP contribution in [0.1, 0.15) is 33.1 Å². The first kappa shape index (κ1) is 16.3. The molecule has 21 heavy (non-hydrogen) atoms. The molecule has 6 heteroatoms. The fourth-order valence-electron chi connectivity index (χ4n) is 2.56. The number of likely N-dealkylation sites (N-methyl/N-ethyl adjacent to an activating group) is 1. The van der Waals surface area contributed by atoms with Crippen molar-refractivity contribution in [2.75, 3.05) is 31.5 Å². The molecule has 0 amide bonds. The van der Waals surface area contributed by atoms with Crippen LogP contribution in [0.15, 0.2) is 11.0 Å². The molecule has 1 aromatic heterocycles. The fraction of sp³-hybridized carbons (Fsp3) is 0.733. The summed E-state index contributed by atoms with van der Waals surface area (Å²) in [6, 6.07) is 0. The standard InChI is InChI=1S/C15H25ClN4O/c1-3-19(4-2)9-8-17-14-13(16)10-18-20(15(14)21)11-12-6-5-7-12/h10,12,17H,3-9,11H2,1-2H3. The number of halogens is 1. The maximum absolute atomic E-state index is 12.4. The molecule has 1 heterocycles. The van der Waals surface area contributed by atoms with E-state index in [9.17, 15) is 4.79 Å². The van der Waals surface area contributed by atoms with Crippen LogP contribution in [0.2, 0.25) is 5.02 Å². The van der Waals surface area contributed by atoms with E-state index in [1.807, 2.05) is 0 Å². The molecule has 0 bridgehead atoms. The van der Waals surface area contributed by atoms with Crippen molar-refractivity contribution in [3.8, 4) is 0 Å². The van der Waals surface area contributed by atoms with E-state index in [1.165, 1.54) is 19.3 Å². The molecule has 0 saturated heterocycles. The largest absolute Gasteiger partial charge is 0.378 e. The van der Waals surface area contributed by atoms with Gasteiger partial charge in [0.15, 0.2) is 0 Å². The Balaban J connectivity index is 2.00. The van der Waals surface area contributed by atoms with Gasteiger partial charge in [-0.2, -0.15) is 5.10 Å². The van der Waals surface area contributed by atoms with E-state index in [2.05, 4.69) is 29.2 Å². The summed E-state index contributed by atoms with van der Waals surface area (Å²) in [5, 5.41) is 7.75. The molecule has 1 aliphatic carbocycles. The van der Waals surface area contributed by atoms with Gasteiger partial charge in [0.05, 0.1) is 11.2 Å². The highest BCUT2D eigenvalue weighted by molar-refractivity contribution is 6.32. The lowest BCUT2D eigenvalue weighted by molar-refractivity contribution is 0.262. The van der Waals surface area contributed by atoms with Gasteiger partial charge >= 0.3 is 0 Å². The Labute approximate surface area is 131 Å². The van der Waals surface area contributed by atoms with Gasteiger partial charge in [-0.05, 0) is 31.8 Å². The Morgan fingerprint density at radius 2 is 2.14 bits per heavy atom. The number of hydrogen-bond acceptors (Lipinski definition) is 4. The SMILES string of the molecule is CCN(CC)CCNc1c(Cl)cnn(CC2CCC2)c1=O. The van der Waals surface area contributed by atoms with Crippen LogP contribution in [-0.2, 0) is 6.54 Å². The van der Waals surface area contributed by atoms with Gasteiger partial charge in [-0.3, -0.25) is 4.79 Å². The third-order valence-corrected chi connectivity index (χ3v) is 4.56. The second kappa shape index (κ2) is 7.80. The van der Waals surface area contributed by atoms with Gasteiger partial charge in [0, 0.05) is 19.6 Å². The minimum absolute atomic E-state index is 0.103. The topological polar surface area (TPSA) is 50.2 Å². The molecule has 0 unspecified atom stereocenters. The lowest BCUT2D eigenvalue weighted by atomic mass is 9.85. The van der Waals surface area contributed by atoms with E-state index in [1.54, 1.807) is 10.9 Å². The van der Waals surface area contributed by atoms with E-state index in [0.717, 1.165) is 19.6 Å². The van der Waals surface area contributed by atoms with Crippen LogP contribution in [0.25, 0.3) is 0 Å². The van der Waals surface area contributed by atoms with Gasteiger partial charge < -0.3 is 10.2 Å². The molecule has 1 aromatic rings. The van der Waals surface area contributed by atoms with Gasteiger partial charge in [-0.15, -0.1) is 0 Å². The first-order chi connectivity index (χ1) is 10.2. The summed E-state index contributed by atoms with van der Waals surface area (Å²) < 4.78 is 1.55. The molecule has 2 rings (SSSR count). The van der Waals surface area contributed by atoms with Gasteiger partial charge in [0.25, 0.3) is 5.56 Å². The predicted octanol–water partition coefficient (Wildman–Crippen LogP) is 2.45. The fourth-order valence-corrected chi connectivity index (χ4v) is 2.75. The second-order valence-electron chi connectivity index (χ2n) is 5.61. The summed E-state index contributed by atoms with van der Waals surface area (Å²) >= 11 is 6.12. The molecule has 0 atom stereocenters. The summed E-state index contributed by atoms with van der Waals surface area (Å²) in [5.41, 5.74) is 0.382. The molecule has 118 valence electrons. The van der Waals surface area contributed by atoms with Crippen molar-refractivity contribution in [3.05, 3.63) is 21.6 Å². The van der Waals surface area contributed by atoms with Crippen LogP contribution in [0, 0.1) is 5.92 Å². The van der Waals surface area contributed by atoms with Crippen LogP contribution < -0.4 is 10.9 Å². The van der Waals surface area contributed by atoms with Gasteiger partial charge in [0.2, 0.25) is 0 Å². The van der Waals surface area contributed by atoms with E-state index < -0.39 is 0 Å². The van der Waals surface area contributed by atoms with Crippen molar-refractivity contribution in [3.63, 3.8) is 0 Å². The van der Waals surface area contributed by atoms with Crippen LogP contribution in [0.4, 0.5) is 5.69 Å². The molecule has 0 radical (unpaired) electrons. The second-order valence-corrected chi connectivity index (χ2v) is 6.01. The third-order valence-electron chi connectivity index (χ3n) is 4.28. The molecular weight excluding hydrogens is 288 g/mol. The Hall–Kier alpha value is -1.07. The highest BCUT2D eigenvalue weighted by Crippen LogP contribution is 2.27. The molecular formula is C15H25ClN4O. The smallest absolute Gasteiger partial charge is 0.291 e. The Morgan fingerprint density at radius 3 is 2.71 bits per heavy atom. The third kappa shape index (κ3) is 4.20. The zero-order valence-electron chi connectivity index (χ0n) is 12.9. The van der Waals surface area contributed by atoms with Crippen molar-refractivity contribution in [1.82, 2.24) is 14.7 Å². The number of nitrogens with zero attached hydrogens (tertiary/aromatic N) is 3. The first-order valence-electron chi connectivity index (χ1n) is 7.87. The number of hydrogen-bond donors (Lipinski definition) is 1. The summed E-state index contributed by atoms with van der Waals surface area (Å²) in [6.45, 7) is 8.60. The molecule has 0 aromatic carbocycles. The molecule has 0 aliphatic heterocycles. The maximum atomic E-state index is 12.4. The van der Waals surface area contributed by atoms with Crippen molar-refractivity contribution in [1.29, 1.82) is 0 Å². The van der Waals surface area contributed by atoms with Gasteiger partial charge in [0.1, 0.15) is 5.69 Å². The Kier molecular flexibility index (Phi) is 6.06.